The second-order valence-electron chi connectivity index (χ2n) is 6.42. The number of carboxylic acid groups (broad SMARTS) is 1. The number of hydrogen-bond donors (Lipinski definition) is 1. The summed E-state index contributed by atoms with van der Waals surface area (Å²) >= 11 is 0. The van der Waals surface area contributed by atoms with Crippen LogP contribution >= 0.6 is 0 Å². The van der Waals surface area contributed by atoms with Crippen LogP contribution < -0.4 is 0 Å². The van der Waals surface area contributed by atoms with Gasteiger partial charge in [0.1, 0.15) is 17.7 Å². The Labute approximate surface area is 133 Å². The van der Waals surface area contributed by atoms with Gasteiger partial charge in [-0.2, -0.15) is 0 Å². The van der Waals surface area contributed by atoms with E-state index in [0.717, 1.165) is 37.8 Å². The molecular formula is C17H19F2NO3. The molecule has 1 saturated heterocycles. The summed E-state index contributed by atoms with van der Waals surface area (Å²) in [5, 5.41) is 9.42. The van der Waals surface area contributed by atoms with Gasteiger partial charge in [0.2, 0.25) is 5.91 Å². The van der Waals surface area contributed by atoms with E-state index in [1.54, 1.807) is 0 Å². The van der Waals surface area contributed by atoms with Crippen LogP contribution in [0, 0.1) is 17.6 Å². The molecule has 1 aromatic rings. The molecule has 1 aromatic carbocycles. The van der Waals surface area contributed by atoms with Crippen LogP contribution in [0.15, 0.2) is 18.2 Å². The molecule has 2 fully saturated rings. The van der Waals surface area contributed by atoms with Gasteiger partial charge in [-0.3, -0.25) is 4.79 Å². The first-order chi connectivity index (χ1) is 11.0. The Kier molecular flexibility index (Phi) is 4.33. The van der Waals surface area contributed by atoms with E-state index in [-0.39, 0.29) is 23.9 Å². The van der Waals surface area contributed by atoms with Crippen LogP contribution in [0.25, 0.3) is 0 Å². The van der Waals surface area contributed by atoms with Crippen molar-refractivity contribution < 1.29 is 23.5 Å². The number of nitrogens with zero attached hydrogens (tertiary/aromatic N) is 1. The molecule has 3 unspecified atom stereocenters. The highest BCUT2D eigenvalue weighted by molar-refractivity contribution is 5.86. The molecule has 1 amide bonds. The van der Waals surface area contributed by atoms with Crippen molar-refractivity contribution in [3.05, 3.63) is 35.4 Å². The van der Waals surface area contributed by atoms with Crippen LogP contribution in [0.5, 0.6) is 0 Å². The Balaban J connectivity index is 1.82. The number of fused-ring (bicyclic) bond motifs is 1. The molecule has 2 aliphatic rings. The van der Waals surface area contributed by atoms with E-state index in [2.05, 4.69) is 0 Å². The summed E-state index contributed by atoms with van der Waals surface area (Å²) in [5.74, 6) is -2.66. The molecule has 124 valence electrons. The molecule has 0 radical (unpaired) electrons. The second kappa shape index (κ2) is 6.26. The highest BCUT2D eigenvalue weighted by Gasteiger charge is 2.47. The number of benzene rings is 1. The van der Waals surface area contributed by atoms with E-state index < -0.39 is 29.6 Å². The zero-order chi connectivity index (χ0) is 16.6. The summed E-state index contributed by atoms with van der Waals surface area (Å²) < 4.78 is 26.7. The van der Waals surface area contributed by atoms with Gasteiger partial charge in [-0.25, -0.2) is 13.6 Å². The molecule has 4 nitrogen and oxygen atoms in total. The summed E-state index contributed by atoms with van der Waals surface area (Å²) in [6.07, 6.45) is 4.00. The molecule has 6 heteroatoms. The third-order valence-electron chi connectivity index (χ3n) is 5.02. The van der Waals surface area contributed by atoms with E-state index in [0.29, 0.717) is 6.42 Å². The van der Waals surface area contributed by atoms with Gasteiger partial charge in [-0.15, -0.1) is 0 Å². The predicted octanol–water partition coefficient (Wildman–Crippen LogP) is 2.75. The van der Waals surface area contributed by atoms with Crippen molar-refractivity contribution in [3.8, 4) is 0 Å². The van der Waals surface area contributed by atoms with Crippen LogP contribution in [0.4, 0.5) is 8.78 Å². The molecule has 1 N–H and O–H groups in total. The lowest BCUT2D eigenvalue weighted by molar-refractivity contribution is -0.149. The standard InChI is InChI=1S/C17H19F2NO3/c18-12-6-5-10(13(19)9-12)8-16(21)20-14-4-2-1-3-11(14)7-15(20)17(22)23/h5-6,9,11,14-15H,1-4,7-8H2,(H,22,23). The van der Waals surface area contributed by atoms with Gasteiger partial charge in [0.15, 0.2) is 0 Å². The van der Waals surface area contributed by atoms with Gasteiger partial charge in [-0.1, -0.05) is 18.9 Å². The lowest BCUT2D eigenvalue weighted by Gasteiger charge is -2.33. The average molecular weight is 323 g/mol. The number of hydrogen-bond acceptors (Lipinski definition) is 2. The first-order valence-corrected chi connectivity index (χ1v) is 7.95. The van der Waals surface area contributed by atoms with Crippen molar-refractivity contribution in [1.29, 1.82) is 0 Å². The average Bonchev–Trinajstić information content (AvgIpc) is 2.90. The van der Waals surface area contributed by atoms with E-state index >= 15 is 0 Å². The monoisotopic (exact) mass is 323 g/mol. The zero-order valence-corrected chi connectivity index (χ0v) is 12.7. The van der Waals surface area contributed by atoms with Gasteiger partial charge in [-0.05, 0) is 36.8 Å². The molecule has 1 aliphatic carbocycles. The number of aliphatic carboxylic acids is 1. The number of carboxylic acids is 1. The zero-order valence-electron chi connectivity index (χ0n) is 12.7. The Hall–Kier alpha value is -1.98. The van der Waals surface area contributed by atoms with Crippen molar-refractivity contribution in [3.63, 3.8) is 0 Å². The highest BCUT2D eigenvalue weighted by atomic mass is 19.1. The van der Waals surface area contributed by atoms with E-state index in [9.17, 15) is 23.5 Å². The molecule has 0 bridgehead atoms. The normalized spacial score (nSPS) is 26.9. The van der Waals surface area contributed by atoms with Crippen molar-refractivity contribution in [2.24, 2.45) is 5.92 Å². The third kappa shape index (κ3) is 3.07. The summed E-state index contributed by atoms with van der Waals surface area (Å²) in [5.41, 5.74) is 0.0970. The minimum absolute atomic E-state index is 0.0686. The van der Waals surface area contributed by atoms with Gasteiger partial charge in [0.05, 0.1) is 6.42 Å². The molecule has 0 aromatic heterocycles. The fourth-order valence-electron chi connectivity index (χ4n) is 3.96. The van der Waals surface area contributed by atoms with Crippen LogP contribution in [0.1, 0.15) is 37.7 Å². The fraction of sp³-hybridized carbons (Fsp3) is 0.529. The maximum atomic E-state index is 13.8. The largest absolute Gasteiger partial charge is 0.480 e. The minimum Gasteiger partial charge on any atom is -0.480 e. The summed E-state index contributed by atoms with van der Waals surface area (Å²) in [4.78, 5) is 25.6. The first kappa shape index (κ1) is 15.9. The van der Waals surface area contributed by atoms with E-state index in [1.165, 1.54) is 11.0 Å². The molecule has 0 spiro atoms. The Bertz CT molecular complexity index is 634. The summed E-state index contributed by atoms with van der Waals surface area (Å²) in [6, 6.07) is 2.19. The number of amides is 1. The number of rotatable bonds is 3. The van der Waals surface area contributed by atoms with Crippen molar-refractivity contribution in [2.45, 2.75) is 50.6 Å². The van der Waals surface area contributed by atoms with Crippen molar-refractivity contribution in [2.75, 3.05) is 0 Å². The summed E-state index contributed by atoms with van der Waals surface area (Å²) in [7, 11) is 0. The number of carbonyl (C=O) groups excluding carboxylic acids is 1. The molecule has 1 aliphatic heterocycles. The highest BCUT2D eigenvalue weighted by Crippen LogP contribution is 2.40. The topological polar surface area (TPSA) is 57.6 Å². The Morgan fingerprint density at radius 1 is 1.22 bits per heavy atom. The minimum atomic E-state index is -1.01. The van der Waals surface area contributed by atoms with E-state index in [1.807, 2.05) is 0 Å². The first-order valence-electron chi connectivity index (χ1n) is 7.95. The summed E-state index contributed by atoms with van der Waals surface area (Å²) in [6.45, 7) is 0. The van der Waals surface area contributed by atoms with Crippen LogP contribution in [0.3, 0.4) is 0 Å². The molecule has 23 heavy (non-hydrogen) atoms. The Morgan fingerprint density at radius 2 is 1.96 bits per heavy atom. The fourth-order valence-corrected chi connectivity index (χ4v) is 3.96. The lowest BCUT2D eigenvalue weighted by Crippen LogP contribution is -2.46. The second-order valence-corrected chi connectivity index (χ2v) is 6.42. The predicted molar refractivity (Wildman–Crippen MR) is 78.7 cm³/mol. The van der Waals surface area contributed by atoms with Crippen LogP contribution in [-0.2, 0) is 16.0 Å². The molecule has 3 atom stereocenters. The van der Waals surface area contributed by atoms with Gasteiger partial charge in [0, 0.05) is 12.1 Å². The van der Waals surface area contributed by atoms with Crippen LogP contribution in [-0.4, -0.2) is 34.0 Å². The molecule has 3 rings (SSSR count). The maximum Gasteiger partial charge on any atom is 0.326 e. The van der Waals surface area contributed by atoms with Gasteiger partial charge >= 0.3 is 5.97 Å². The number of carbonyl (C=O) groups is 2. The van der Waals surface area contributed by atoms with Crippen LogP contribution in [0.2, 0.25) is 0 Å². The van der Waals surface area contributed by atoms with Gasteiger partial charge in [0.25, 0.3) is 0 Å². The van der Waals surface area contributed by atoms with Gasteiger partial charge < -0.3 is 10.0 Å². The van der Waals surface area contributed by atoms with Crippen molar-refractivity contribution in [1.82, 2.24) is 4.90 Å². The SMILES string of the molecule is O=C(O)C1CC2CCCCC2N1C(=O)Cc1ccc(F)cc1F. The number of halogens is 2. The third-order valence-corrected chi connectivity index (χ3v) is 5.02. The molecule has 1 heterocycles. The quantitative estimate of drug-likeness (QED) is 0.930. The number of likely N-dealkylation sites (tertiary alicyclic amines) is 1. The Morgan fingerprint density at radius 3 is 2.65 bits per heavy atom. The lowest BCUT2D eigenvalue weighted by atomic mass is 9.84. The molecule has 1 saturated carbocycles. The molecular weight excluding hydrogens is 304 g/mol. The smallest absolute Gasteiger partial charge is 0.326 e. The maximum absolute atomic E-state index is 13.8. The van der Waals surface area contributed by atoms with Crippen molar-refractivity contribution >= 4 is 11.9 Å². The van der Waals surface area contributed by atoms with E-state index in [4.69, 9.17) is 0 Å².